The van der Waals surface area contributed by atoms with E-state index in [1.54, 1.807) is 7.11 Å². The second-order valence-corrected chi connectivity index (χ2v) is 3.89. The molecule has 0 radical (unpaired) electrons. The maximum absolute atomic E-state index is 13.1. The molecule has 1 heterocycles. The molecular weight excluding hydrogens is 227 g/mol. The van der Waals surface area contributed by atoms with Gasteiger partial charge in [-0.15, -0.1) is 0 Å². The third-order valence-corrected chi connectivity index (χ3v) is 2.69. The predicted octanol–water partition coefficient (Wildman–Crippen LogP) is 2.06. The first-order valence-corrected chi connectivity index (χ1v) is 5.50. The molecule has 0 unspecified atom stereocenters. The molecule has 1 fully saturated rings. The fraction of sp³-hybridized carbons (Fsp3) is 0.500. The fourth-order valence-electron chi connectivity index (χ4n) is 1.76. The third kappa shape index (κ3) is 2.87. The van der Waals surface area contributed by atoms with Crippen LogP contribution < -0.4 is 4.74 Å². The highest BCUT2D eigenvalue weighted by atomic mass is 19.1. The van der Waals surface area contributed by atoms with Gasteiger partial charge in [-0.25, -0.2) is 4.39 Å². The quantitative estimate of drug-likeness (QED) is 0.881. The van der Waals surface area contributed by atoms with E-state index in [0.717, 1.165) is 18.9 Å². The molecule has 1 aromatic rings. The van der Waals surface area contributed by atoms with Crippen molar-refractivity contribution in [3.05, 3.63) is 24.0 Å². The van der Waals surface area contributed by atoms with Crippen LogP contribution >= 0.6 is 0 Å². The normalized spacial score (nSPS) is 24.6. The smallest absolute Gasteiger partial charge is 0.226 e. The van der Waals surface area contributed by atoms with E-state index < -0.39 is 17.9 Å². The molecule has 0 bridgehead atoms. The summed E-state index contributed by atoms with van der Waals surface area (Å²) >= 11 is 0. The van der Waals surface area contributed by atoms with Crippen LogP contribution in [-0.4, -0.2) is 31.2 Å². The van der Waals surface area contributed by atoms with Gasteiger partial charge in [-0.1, -0.05) is 0 Å². The first-order valence-electron chi connectivity index (χ1n) is 5.50. The first-order chi connectivity index (χ1) is 8.20. The van der Waals surface area contributed by atoms with E-state index in [2.05, 4.69) is 0 Å². The molecule has 0 aliphatic carbocycles. The lowest BCUT2D eigenvalue weighted by atomic mass is 10.1. The number of phenols is 1. The number of benzene rings is 1. The molecule has 5 heteroatoms. The molecule has 0 spiro atoms. The van der Waals surface area contributed by atoms with E-state index in [1.165, 1.54) is 12.1 Å². The topological polar surface area (TPSA) is 47.9 Å². The Morgan fingerprint density at radius 1 is 1.47 bits per heavy atom. The predicted molar refractivity (Wildman–Crippen MR) is 58.5 cm³/mol. The minimum absolute atomic E-state index is 0.152. The zero-order valence-corrected chi connectivity index (χ0v) is 9.56. The molecule has 1 aliphatic rings. The van der Waals surface area contributed by atoms with E-state index in [0.29, 0.717) is 12.4 Å². The maximum atomic E-state index is 13.1. The molecular formula is C12H15FO4. The zero-order chi connectivity index (χ0) is 12.3. The molecule has 0 saturated carbocycles. The summed E-state index contributed by atoms with van der Waals surface area (Å²) in [5, 5.41) is 9.06. The Balaban J connectivity index is 2.05. The molecule has 1 saturated heterocycles. The molecule has 2 atom stereocenters. The summed E-state index contributed by atoms with van der Waals surface area (Å²) < 4.78 is 29.3. The Hall–Kier alpha value is -1.33. The highest BCUT2D eigenvalue weighted by Crippen LogP contribution is 2.25. The minimum atomic E-state index is -0.715. The van der Waals surface area contributed by atoms with E-state index in [9.17, 15) is 4.39 Å². The zero-order valence-electron chi connectivity index (χ0n) is 9.56. The number of phenolic OH excluding ortho intramolecular Hbond substituents is 1. The van der Waals surface area contributed by atoms with E-state index in [4.69, 9.17) is 19.3 Å². The second-order valence-electron chi connectivity index (χ2n) is 3.89. The van der Waals surface area contributed by atoms with Gasteiger partial charge < -0.3 is 19.3 Å². The van der Waals surface area contributed by atoms with Crippen molar-refractivity contribution < 1.29 is 23.7 Å². The van der Waals surface area contributed by atoms with Crippen molar-refractivity contribution >= 4 is 0 Å². The Kier molecular flexibility index (Phi) is 3.81. The van der Waals surface area contributed by atoms with E-state index in [1.807, 2.05) is 0 Å². The number of rotatable bonds is 3. The standard InChI is InChI=1S/C12H15FO4/c1-15-11-3-2-6-16-12(11)17-8-4-5-10(14)9(13)7-8/h4-5,7,11-12,14H,2-3,6H2,1H3/t11-,12+/m1/s1. The monoisotopic (exact) mass is 242 g/mol. The van der Waals surface area contributed by atoms with Gasteiger partial charge in [0.25, 0.3) is 0 Å². The number of methoxy groups -OCH3 is 1. The molecule has 17 heavy (non-hydrogen) atoms. The van der Waals surface area contributed by atoms with Crippen LogP contribution in [0.4, 0.5) is 4.39 Å². The summed E-state index contributed by atoms with van der Waals surface area (Å²) in [6.07, 6.45) is 1.09. The second kappa shape index (κ2) is 5.33. The molecule has 1 aliphatic heterocycles. The number of ether oxygens (including phenoxy) is 3. The van der Waals surface area contributed by atoms with Crippen LogP contribution in [0.2, 0.25) is 0 Å². The van der Waals surface area contributed by atoms with Crippen molar-refractivity contribution in [2.75, 3.05) is 13.7 Å². The average molecular weight is 242 g/mol. The third-order valence-electron chi connectivity index (χ3n) is 2.69. The Morgan fingerprint density at radius 3 is 3.00 bits per heavy atom. The van der Waals surface area contributed by atoms with Gasteiger partial charge in [0.1, 0.15) is 11.9 Å². The van der Waals surface area contributed by atoms with Gasteiger partial charge in [0.15, 0.2) is 11.6 Å². The van der Waals surface area contributed by atoms with Crippen molar-refractivity contribution in [3.8, 4) is 11.5 Å². The summed E-state index contributed by atoms with van der Waals surface area (Å²) in [5.74, 6) is -0.799. The van der Waals surface area contributed by atoms with Gasteiger partial charge in [0.05, 0.1) is 6.61 Å². The van der Waals surface area contributed by atoms with Crippen LogP contribution in [0.25, 0.3) is 0 Å². The van der Waals surface area contributed by atoms with E-state index >= 15 is 0 Å². The minimum Gasteiger partial charge on any atom is -0.505 e. The van der Waals surface area contributed by atoms with Gasteiger partial charge in [-0.2, -0.15) is 0 Å². The number of hydrogen-bond donors (Lipinski definition) is 1. The van der Waals surface area contributed by atoms with Gasteiger partial charge in [0.2, 0.25) is 6.29 Å². The summed E-state index contributed by atoms with van der Waals surface area (Å²) in [5.41, 5.74) is 0. The number of aromatic hydroxyl groups is 1. The maximum Gasteiger partial charge on any atom is 0.226 e. The molecule has 94 valence electrons. The molecule has 2 rings (SSSR count). The number of halogens is 1. The lowest BCUT2D eigenvalue weighted by Crippen LogP contribution is -2.39. The molecule has 0 aromatic heterocycles. The summed E-state index contributed by atoms with van der Waals surface area (Å²) in [6.45, 7) is 0.602. The van der Waals surface area contributed by atoms with Crippen LogP contribution in [0, 0.1) is 5.82 Å². The average Bonchev–Trinajstić information content (AvgIpc) is 2.34. The number of hydrogen-bond acceptors (Lipinski definition) is 4. The van der Waals surface area contributed by atoms with Crippen LogP contribution in [0.3, 0.4) is 0 Å². The lowest BCUT2D eigenvalue weighted by Gasteiger charge is -2.30. The molecule has 4 nitrogen and oxygen atoms in total. The summed E-state index contributed by atoms with van der Waals surface area (Å²) in [4.78, 5) is 0. The van der Waals surface area contributed by atoms with Gasteiger partial charge in [-0.05, 0) is 25.0 Å². The van der Waals surface area contributed by atoms with Crippen molar-refractivity contribution in [2.24, 2.45) is 0 Å². The Morgan fingerprint density at radius 2 is 2.29 bits per heavy atom. The molecule has 1 aromatic carbocycles. The summed E-state index contributed by atoms with van der Waals surface area (Å²) in [6, 6.07) is 3.86. The first kappa shape index (κ1) is 12.1. The highest BCUT2D eigenvalue weighted by molar-refractivity contribution is 5.32. The lowest BCUT2D eigenvalue weighted by molar-refractivity contribution is -0.179. The highest BCUT2D eigenvalue weighted by Gasteiger charge is 2.27. The van der Waals surface area contributed by atoms with Crippen molar-refractivity contribution in [1.29, 1.82) is 0 Å². The van der Waals surface area contributed by atoms with Crippen LogP contribution in [0.5, 0.6) is 11.5 Å². The molecule has 1 N–H and O–H groups in total. The summed E-state index contributed by atoms with van der Waals surface area (Å²) in [7, 11) is 1.59. The van der Waals surface area contributed by atoms with E-state index in [-0.39, 0.29) is 6.10 Å². The van der Waals surface area contributed by atoms with Crippen molar-refractivity contribution in [1.82, 2.24) is 0 Å². The van der Waals surface area contributed by atoms with Crippen LogP contribution in [0.1, 0.15) is 12.8 Å². The van der Waals surface area contributed by atoms with Crippen LogP contribution in [0.15, 0.2) is 18.2 Å². The van der Waals surface area contributed by atoms with Crippen molar-refractivity contribution in [2.45, 2.75) is 25.2 Å². The molecule has 0 amide bonds. The fourth-order valence-corrected chi connectivity index (χ4v) is 1.76. The SMILES string of the molecule is CO[C@@H]1CCCO[C@H]1Oc1ccc(O)c(F)c1. The Bertz CT molecular complexity index is 383. The van der Waals surface area contributed by atoms with Gasteiger partial charge >= 0.3 is 0 Å². The van der Waals surface area contributed by atoms with Crippen LogP contribution in [-0.2, 0) is 9.47 Å². The Labute approximate surface area is 98.9 Å². The van der Waals surface area contributed by atoms with Gasteiger partial charge in [0, 0.05) is 13.2 Å². The largest absolute Gasteiger partial charge is 0.505 e. The van der Waals surface area contributed by atoms with Crippen molar-refractivity contribution in [3.63, 3.8) is 0 Å². The van der Waals surface area contributed by atoms with Gasteiger partial charge in [-0.3, -0.25) is 0 Å².